The lowest BCUT2D eigenvalue weighted by molar-refractivity contribution is 0.539. The molecule has 29 heavy (non-hydrogen) atoms. The molecule has 0 amide bonds. The highest BCUT2D eigenvalue weighted by Crippen LogP contribution is 2.32. The molecular formula is C21H22N8. The van der Waals surface area contributed by atoms with Gasteiger partial charge in [-0.1, -0.05) is 0 Å². The van der Waals surface area contributed by atoms with E-state index < -0.39 is 0 Å². The van der Waals surface area contributed by atoms with Gasteiger partial charge in [-0.05, 0) is 43.5 Å². The van der Waals surface area contributed by atoms with Gasteiger partial charge in [-0.15, -0.1) is 10.2 Å². The molecule has 0 spiro atoms. The number of anilines is 3. The second-order valence-corrected chi connectivity index (χ2v) is 7.69. The molecule has 8 nitrogen and oxygen atoms in total. The summed E-state index contributed by atoms with van der Waals surface area (Å²) in [6.07, 6.45) is 3.92. The summed E-state index contributed by atoms with van der Waals surface area (Å²) in [4.78, 5) is 9.31. The van der Waals surface area contributed by atoms with Gasteiger partial charge in [0.15, 0.2) is 11.5 Å². The first-order chi connectivity index (χ1) is 14.1. The number of nitrogens with zero attached hydrogens (tertiary/aromatic N) is 8. The molecule has 0 bridgehead atoms. The zero-order valence-electron chi connectivity index (χ0n) is 16.6. The Morgan fingerprint density at radius 3 is 2.79 bits per heavy atom. The van der Waals surface area contributed by atoms with E-state index in [9.17, 15) is 0 Å². The minimum absolute atomic E-state index is 0.351. The average molecular weight is 386 g/mol. The lowest BCUT2D eigenvalue weighted by atomic mass is 10.0. The van der Waals surface area contributed by atoms with Crippen LogP contribution in [0.1, 0.15) is 34.6 Å². The van der Waals surface area contributed by atoms with Crippen molar-refractivity contribution in [1.82, 2.24) is 25.0 Å². The Morgan fingerprint density at radius 2 is 1.97 bits per heavy atom. The number of nitriles is 1. The van der Waals surface area contributed by atoms with E-state index >= 15 is 0 Å². The molecule has 0 fully saturated rings. The van der Waals surface area contributed by atoms with E-state index in [4.69, 9.17) is 10.2 Å². The number of fused-ring (bicyclic) bond motifs is 2. The lowest BCUT2D eigenvalue weighted by Gasteiger charge is -2.32. The minimum Gasteiger partial charge on any atom is -0.350 e. The van der Waals surface area contributed by atoms with Gasteiger partial charge in [0.05, 0.1) is 17.6 Å². The van der Waals surface area contributed by atoms with Gasteiger partial charge in [-0.2, -0.15) is 10.4 Å². The molecule has 0 saturated heterocycles. The molecule has 0 unspecified atom stereocenters. The van der Waals surface area contributed by atoms with E-state index in [2.05, 4.69) is 48.0 Å². The maximum absolute atomic E-state index is 9.03. The third-order valence-corrected chi connectivity index (χ3v) is 5.62. The largest absolute Gasteiger partial charge is 0.350 e. The summed E-state index contributed by atoms with van der Waals surface area (Å²) in [5, 5.41) is 22.0. The van der Waals surface area contributed by atoms with Crippen molar-refractivity contribution in [2.75, 3.05) is 22.9 Å². The van der Waals surface area contributed by atoms with Gasteiger partial charge in [0.25, 0.3) is 0 Å². The van der Waals surface area contributed by atoms with E-state index in [1.165, 1.54) is 5.56 Å². The van der Waals surface area contributed by atoms with Crippen molar-refractivity contribution in [2.24, 2.45) is 0 Å². The van der Waals surface area contributed by atoms with Gasteiger partial charge in [-0.3, -0.25) is 4.98 Å². The van der Waals surface area contributed by atoms with Crippen molar-refractivity contribution in [1.29, 1.82) is 5.26 Å². The van der Waals surface area contributed by atoms with Crippen molar-refractivity contribution in [3.05, 3.63) is 52.6 Å². The van der Waals surface area contributed by atoms with Gasteiger partial charge >= 0.3 is 0 Å². The van der Waals surface area contributed by atoms with Crippen LogP contribution in [0.5, 0.6) is 0 Å². The van der Waals surface area contributed by atoms with E-state index in [-0.39, 0.29) is 0 Å². The fourth-order valence-electron chi connectivity index (χ4n) is 4.26. The Hall–Kier alpha value is -3.47. The topological polar surface area (TPSA) is 86.8 Å². The van der Waals surface area contributed by atoms with Crippen molar-refractivity contribution in [3.63, 3.8) is 0 Å². The van der Waals surface area contributed by atoms with Crippen LogP contribution < -0.4 is 9.80 Å². The molecule has 0 atom stereocenters. The Balaban J connectivity index is 1.46. The van der Waals surface area contributed by atoms with E-state index in [1.54, 1.807) is 6.07 Å². The second-order valence-electron chi connectivity index (χ2n) is 7.69. The molecule has 146 valence electrons. The van der Waals surface area contributed by atoms with Crippen LogP contribution in [-0.2, 0) is 19.5 Å². The molecule has 8 heteroatoms. The first-order valence-corrected chi connectivity index (χ1v) is 9.91. The number of pyridine rings is 1. The maximum atomic E-state index is 9.03. The van der Waals surface area contributed by atoms with Gasteiger partial charge in [0.1, 0.15) is 11.9 Å². The third-order valence-electron chi connectivity index (χ3n) is 5.62. The molecule has 0 radical (unpaired) electrons. The molecule has 5 heterocycles. The predicted octanol–water partition coefficient (Wildman–Crippen LogP) is 2.66. The van der Waals surface area contributed by atoms with Crippen LogP contribution in [0.4, 0.5) is 17.3 Å². The van der Waals surface area contributed by atoms with E-state index in [0.717, 1.165) is 73.3 Å². The molecular weight excluding hydrogens is 364 g/mol. The molecule has 0 N–H and O–H groups in total. The number of aryl methyl sites for hydroxylation is 3. The average Bonchev–Trinajstić information content (AvgIpc) is 3.13. The summed E-state index contributed by atoms with van der Waals surface area (Å²) in [6.45, 7) is 7.53. The maximum Gasteiger partial charge on any atom is 0.163 e. The fourth-order valence-corrected chi connectivity index (χ4v) is 4.26. The van der Waals surface area contributed by atoms with Crippen molar-refractivity contribution >= 4 is 17.3 Å². The summed E-state index contributed by atoms with van der Waals surface area (Å²) < 4.78 is 2.08. The Kier molecular flexibility index (Phi) is 4.16. The number of hydrogen-bond acceptors (Lipinski definition) is 7. The van der Waals surface area contributed by atoms with Gasteiger partial charge in [-0.25, -0.2) is 4.68 Å². The number of rotatable bonds is 2. The second kappa shape index (κ2) is 6.85. The fraction of sp³-hybridized carbons (Fsp3) is 0.381. The van der Waals surface area contributed by atoms with Crippen LogP contribution in [-0.4, -0.2) is 38.1 Å². The van der Waals surface area contributed by atoms with Gasteiger partial charge in [0.2, 0.25) is 0 Å². The van der Waals surface area contributed by atoms with Crippen molar-refractivity contribution < 1.29 is 0 Å². The first kappa shape index (κ1) is 17.6. The van der Waals surface area contributed by atoms with Crippen LogP contribution in [0.2, 0.25) is 0 Å². The SMILES string of the molecule is Cc1cc2n(n1)CCCN2c1cnc2c(c1)CN(c1nnc(C#N)cc1C)CC2. The highest BCUT2D eigenvalue weighted by Gasteiger charge is 2.24. The smallest absolute Gasteiger partial charge is 0.163 e. The van der Waals surface area contributed by atoms with E-state index in [0.29, 0.717) is 5.69 Å². The zero-order valence-corrected chi connectivity index (χ0v) is 16.6. The third kappa shape index (κ3) is 3.09. The van der Waals surface area contributed by atoms with E-state index in [1.807, 2.05) is 20.0 Å². The minimum atomic E-state index is 0.351. The standard InChI is InChI=1S/C21H22N8/c1-14-8-17(11-22)24-25-21(14)27-7-4-19-16(13-27)10-18(12-23-19)28-5-3-6-29-20(28)9-15(2)26-29/h8-10,12H,3-7,13H2,1-2H3. The van der Waals surface area contributed by atoms with Crippen LogP contribution in [0, 0.1) is 25.2 Å². The predicted molar refractivity (Wildman–Crippen MR) is 109 cm³/mol. The van der Waals surface area contributed by atoms with Gasteiger partial charge in [0, 0.05) is 44.4 Å². The molecule has 5 rings (SSSR count). The molecule has 0 aliphatic carbocycles. The summed E-state index contributed by atoms with van der Waals surface area (Å²) in [7, 11) is 0. The molecule has 2 aliphatic heterocycles. The molecule has 3 aromatic rings. The Labute approximate surface area is 169 Å². The van der Waals surface area contributed by atoms with Crippen LogP contribution in [0.25, 0.3) is 0 Å². The number of hydrogen-bond donors (Lipinski definition) is 0. The zero-order chi connectivity index (χ0) is 20.0. The highest BCUT2D eigenvalue weighted by molar-refractivity contribution is 5.62. The normalized spacial score (nSPS) is 15.6. The van der Waals surface area contributed by atoms with Crippen LogP contribution in [0.15, 0.2) is 24.4 Å². The summed E-state index contributed by atoms with van der Waals surface area (Å²) in [5.41, 5.74) is 5.83. The van der Waals surface area contributed by atoms with Gasteiger partial charge < -0.3 is 9.80 Å². The lowest BCUT2D eigenvalue weighted by Crippen LogP contribution is -2.33. The molecule has 3 aromatic heterocycles. The Bertz CT molecular complexity index is 1130. The molecule has 0 saturated carbocycles. The Morgan fingerprint density at radius 1 is 1.07 bits per heavy atom. The summed E-state index contributed by atoms with van der Waals surface area (Å²) in [6, 6.07) is 8.24. The van der Waals surface area contributed by atoms with Crippen LogP contribution >= 0.6 is 0 Å². The highest BCUT2D eigenvalue weighted by atomic mass is 15.4. The van der Waals surface area contributed by atoms with Crippen molar-refractivity contribution in [3.8, 4) is 6.07 Å². The van der Waals surface area contributed by atoms with Crippen LogP contribution in [0.3, 0.4) is 0 Å². The quantitative estimate of drug-likeness (QED) is 0.669. The first-order valence-electron chi connectivity index (χ1n) is 9.91. The number of aromatic nitrogens is 5. The summed E-state index contributed by atoms with van der Waals surface area (Å²) >= 11 is 0. The summed E-state index contributed by atoms with van der Waals surface area (Å²) in [5.74, 6) is 1.98. The molecule has 2 aliphatic rings. The molecule has 0 aromatic carbocycles. The van der Waals surface area contributed by atoms with Crippen molar-refractivity contribution in [2.45, 2.75) is 39.8 Å². The monoisotopic (exact) mass is 386 g/mol.